The number of amides is 3. The molecule has 0 bridgehead atoms. The summed E-state index contributed by atoms with van der Waals surface area (Å²) < 4.78 is 0. The van der Waals surface area contributed by atoms with E-state index in [1.807, 2.05) is 29.2 Å². The molecule has 2 fully saturated rings. The Morgan fingerprint density at radius 2 is 1.62 bits per heavy atom. The third-order valence-electron chi connectivity index (χ3n) is 5.31. The number of carbonyl (C=O) groups excluding carboxylic acids is 3. The van der Waals surface area contributed by atoms with E-state index in [1.165, 1.54) is 0 Å². The highest BCUT2D eigenvalue weighted by atomic mass is 35.5. The first kappa shape index (κ1) is 18.7. The Balaban J connectivity index is 1.51. The average Bonchev–Trinajstić information content (AvgIpc) is 3.44. The Hall–Kier alpha value is -2.08. The molecule has 1 saturated heterocycles. The van der Waals surface area contributed by atoms with Gasteiger partial charge in [-0.05, 0) is 43.4 Å². The molecule has 0 aromatic heterocycles. The Labute approximate surface area is 158 Å². The van der Waals surface area contributed by atoms with E-state index < -0.39 is 11.3 Å². The van der Waals surface area contributed by atoms with Crippen molar-refractivity contribution in [3.63, 3.8) is 0 Å². The van der Waals surface area contributed by atoms with Crippen molar-refractivity contribution in [1.29, 1.82) is 0 Å². The number of nitrogens with two attached hydrogens (primary N) is 1. The number of aryl methyl sites for hydroxylation is 1. The SMILES string of the molecule is NC(=O)C1(C(=O)N2CCCN(C(=O)CCc3ccc(Cl)cc3)CC2)CC1. The van der Waals surface area contributed by atoms with E-state index >= 15 is 0 Å². The molecule has 1 aliphatic carbocycles. The first-order chi connectivity index (χ1) is 12.4. The molecule has 0 radical (unpaired) electrons. The van der Waals surface area contributed by atoms with Gasteiger partial charge in [0.15, 0.2) is 0 Å². The molecule has 1 aromatic rings. The van der Waals surface area contributed by atoms with Gasteiger partial charge in [0, 0.05) is 37.6 Å². The minimum absolute atomic E-state index is 0.0882. The van der Waals surface area contributed by atoms with Crippen molar-refractivity contribution in [2.45, 2.75) is 32.1 Å². The van der Waals surface area contributed by atoms with E-state index in [0.29, 0.717) is 63.3 Å². The number of benzene rings is 1. The van der Waals surface area contributed by atoms with Crippen LogP contribution in [0.1, 0.15) is 31.2 Å². The number of halogens is 1. The van der Waals surface area contributed by atoms with E-state index in [2.05, 4.69) is 0 Å². The first-order valence-electron chi connectivity index (χ1n) is 9.04. The monoisotopic (exact) mass is 377 g/mol. The summed E-state index contributed by atoms with van der Waals surface area (Å²) in [6, 6.07) is 7.50. The lowest BCUT2D eigenvalue weighted by Gasteiger charge is -2.25. The Morgan fingerprint density at radius 3 is 2.23 bits per heavy atom. The molecular formula is C19H24ClN3O3. The fourth-order valence-electron chi connectivity index (χ4n) is 3.42. The lowest BCUT2D eigenvalue weighted by Crippen LogP contribution is -2.45. The van der Waals surface area contributed by atoms with Crippen LogP contribution in [-0.4, -0.2) is 53.7 Å². The summed E-state index contributed by atoms with van der Waals surface area (Å²) >= 11 is 5.87. The fraction of sp³-hybridized carbons (Fsp3) is 0.526. The van der Waals surface area contributed by atoms with Gasteiger partial charge in [-0.3, -0.25) is 14.4 Å². The second-order valence-corrected chi connectivity index (χ2v) is 7.54. The molecule has 0 unspecified atom stereocenters. The van der Waals surface area contributed by atoms with E-state index in [-0.39, 0.29) is 11.8 Å². The lowest BCUT2D eigenvalue weighted by atomic mass is 10.0. The van der Waals surface area contributed by atoms with Gasteiger partial charge in [0.1, 0.15) is 5.41 Å². The third kappa shape index (κ3) is 4.01. The van der Waals surface area contributed by atoms with E-state index in [1.54, 1.807) is 4.90 Å². The zero-order valence-electron chi connectivity index (χ0n) is 14.7. The molecule has 0 atom stereocenters. The van der Waals surface area contributed by atoms with Crippen molar-refractivity contribution < 1.29 is 14.4 Å². The van der Waals surface area contributed by atoms with Crippen LogP contribution < -0.4 is 5.73 Å². The maximum atomic E-state index is 12.6. The molecular weight excluding hydrogens is 354 g/mol. The molecule has 7 heteroatoms. The minimum atomic E-state index is -0.978. The molecule has 26 heavy (non-hydrogen) atoms. The van der Waals surface area contributed by atoms with Crippen LogP contribution in [0.3, 0.4) is 0 Å². The molecule has 3 rings (SSSR count). The largest absolute Gasteiger partial charge is 0.369 e. The van der Waals surface area contributed by atoms with Crippen LogP contribution in [0.5, 0.6) is 0 Å². The molecule has 3 amide bonds. The van der Waals surface area contributed by atoms with E-state index in [9.17, 15) is 14.4 Å². The maximum Gasteiger partial charge on any atom is 0.238 e. The highest BCUT2D eigenvalue weighted by Gasteiger charge is 2.56. The summed E-state index contributed by atoms with van der Waals surface area (Å²) in [4.78, 5) is 40.2. The Kier molecular flexibility index (Phi) is 5.51. The van der Waals surface area contributed by atoms with Gasteiger partial charge in [0.2, 0.25) is 17.7 Å². The van der Waals surface area contributed by atoms with Crippen LogP contribution in [0, 0.1) is 5.41 Å². The van der Waals surface area contributed by atoms with Crippen molar-refractivity contribution in [2.24, 2.45) is 11.1 Å². The summed E-state index contributed by atoms with van der Waals surface area (Å²) in [5.74, 6) is -0.603. The molecule has 6 nitrogen and oxygen atoms in total. The highest BCUT2D eigenvalue weighted by molar-refractivity contribution is 6.30. The molecule has 1 aromatic carbocycles. The Bertz CT molecular complexity index is 700. The summed E-state index contributed by atoms with van der Waals surface area (Å²) in [6.45, 7) is 2.15. The predicted molar refractivity (Wildman–Crippen MR) is 98.4 cm³/mol. The van der Waals surface area contributed by atoms with Crippen molar-refractivity contribution in [3.8, 4) is 0 Å². The van der Waals surface area contributed by atoms with Gasteiger partial charge in [-0.25, -0.2) is 0 Å². The van der Waals surface area contributed by atoms with Crippen LogP contribution in [0.2, 0.25) is 5.02 Å². The van der Waals surface area contributed by atoms with Gasteiger partial charge in [-0.15, -0.1) is 0 Å². The molecule has 1 aliphatic heterocycles. The van der Waals surface area contributed by atoms with Gasteiger partial charge in [-0.2, -0.15) is 0 Å². The maximum absolute atomic E-state index is 12.6. The van der Waals surface area contributed by atoms with Gasteiger partial charge < -0.3 is 15.5 Å². The summed E-state index contributed by atoms with van der Waals surface area (Å²) in [6.07, 6.45) is 2.90. The molecule has 1 saturated carbocycles. The smallest absolute Gasteiger partial charge is 0.238 e. The molecule has 2 aliphatic rings. The van der Waals surface area contributed by atoms with Crippen LogP contribution in [0.25, 0.3) is 0 Å². The lowest BCUT2D eigenvalue weighted by molar-refractivity contribution is -0.143. The van der Waals surface area contributed by atoms with Crippen LogP contribution in [0.4, 0.5) is 0 Å². The number of nitrogens with zero attached hydrogens (tertiary/aromatic N) is 2. The number of rotatable bonds is 5. The van der Waals surface area contributed by atoms with Crippen LogP contribution in [-0.2, 0) is 20.8 Å². The predicted octanol–water partition coefficient (Wildman–Crippen LogP) is 1.60. The quantitative estimate of drug-likeness (QED) is 0.791. The second-order valence-electron chi connectivity index (χ2n) is 7.10. The van der Waals surface area contributed by atoms with E-state index in [0.717, 1.165) is 5.56 Å². The standard InChI is InChI=1S/C19H24ClN3O3/c20-15-5-2-14(3-6-15)4-7-16(24)22-10-1-11-23(13-12-22)18(26)19(8-9-19)17(21)25/h2-3,5-6H,1,4,7-13H2,(H2,21,25). The third-order valence-corrected chi connectivity index (χ3v) is 5.56. The van der Waals surface area contributed by atoms with Gasteiger partial charge in [0.25, 0.3) is 0 Å². The summed E-state index contributed by atoms with van der Waals surface area (Å²) in [7, 11) is 0. The first-order valence-corrected chi connectivity index (χ1v) is 9.42. The summed E-state index contributed by atoms with van der Waals surface area (Å²) in [5.41, 5.74) is 5.50. The number of hydrogen-bond donors (Lipinski definition) is 1. The van der Waals surface area contributed by atoms with E-state index in [4.69, 9.17) is 17.3 Å². The molecule has 1 heterocycles. The van der Waals surface area contributed by atoms with Gasteiger partial charge in [0.05, 0.1) is 0 Å². The van der Waals surface area contributed by atoms with Gasteiger partial charge >= 0.3 is 0 Å². The zero-order valence-corrected chi connectivity index (χ0v) is 15.5. The number of primary amides is 1. The zero-order chi connectivity index (χ0) is 18.7. The van der Waals surface area contributed by atoms with Crippen molar-refractivity contribution >= 4 is 29.3 Å². The molecule has 2 N–H and O–H groups in total. The molecule has 0 spiro atoms. The topological polar surface area (TPSA) is 83.7 Å². The number of hydrogen-bond acceptors (Lipinski definition) is 3. The van der Waals surface area contributed by atoms with Crippen molar-refractivity contribution in [1.82, 2.24) is 9.80 Å². The molecule has 140 valence electrons. The number of carbonyl (C=O) groups is 3. The van der Waals surface area contributed by atoms with Crippen LogP contribution in [0.15, 0.2) is 24.3 Å². The van der Waals surface area contributed by atoms with Crippen molar-refractivity contribution in [2.75, 3.05) is 26.2 Å². The Morgan fingerprint density at radius 1 is 1.00 bits per heavy atom. The normalized spacial score (nSPS) is 19.0. The summed E-state index contributed by atoms with van der Waals surface area (Å²) in [5, 5.41) is 0.682. The highest BCUT2D eigenvalue weighted by Crippen LogP contribution is 2.47. The van der Waals surface area contributed by atoms with Crippen LogP contribution >= 0.6 is 11.6 Å². The average molecular weight is 378 g/mol. The minimum Gasteiger partial charge on any atom is -0.369 e. The fourth-order valence-corrected chi connectivity index (χ4v) is 3.55. The second kappa shape index (κ2) is 7.66. The van der Waals surface area contributed by atoms with Crippen molar-refractivity contribution in [3.05, 3.63) is 34.9 Å². The van der Waals surface area contributed by atoms with Gasteiger partial charge in [-0.1, -0.05) is 23.7 Å².